The van der Waals surface area contributed by atoms with E-state index < -0.39 is 29.8 Å². The smallest absolute Gasteiger partial charge is 0.344 e. The molecule has 0 N–H and O–H groups in total. The fourth-order valence-corrected chi connectivity index (χ4v) is 5.91. The summed E-state index contributed by atoms with van der Waals surface area (Å²) in [5.41, 5.74) is 1.49. The third-order valence-electron chi connectivity index (χ3n) is 9.42. The molecular weight excluding hydrogens is 861 g/mol. The van der Waals surface area contributed by atoms with Gasteiger partial charge in [0.05, 0.1) is 62.2 Å². The molecule has 0 aliphatic rings. The van der Waals surface area contributed by atoms with E-state index in [1.165, 1.54) is 24.6 Å². The van der Waals surface area contributed by atoms with Crippen LogP contribution in [0.5, 0.6) is 23.0 Å². The van der Waals surface area contributed by atoms with Crippen LogP contribution in [-0.2, 0) is 28.5 Å². The first-order valence-corrected chi connectivity index (χ1v) is 22.2. The van der Waals surface area contributed by atoms with Crippen LogP contribution in [-0.4, -0.2) is 88.5 Å². The lowest BCUT2D eigenvalue weighted by Crippen LogP contribution is -2.18. The second-order valence-corrected chi connectivity index (χ2v) is 14.7. The molecule has 0 aliphatic heterocycles. The number of carbonyl (C=O) groups excluding carboxylic acids is 5. The first-order valence-electron chi connectivity index (χ1n) is 22.2. The second kappa shape index (κ2) is 30.7. The Kier molecular flexibility index (Phi) is 23.9. The molecule has 0 aromatic heterocycles. The van der Waals surface area contributed by atoms with Gasteiger partial charge in [0.15, 0.2) is 0 Å². The molecule has 0 heterocycles. The quantitative estimate of drug-likeness (QED) is 0.00885. The van der Waals surface area contributed by atoms with Gasteiger partial charge in [0, 0.05) is 18.8 Å². The Bertz CT molecular complexity index is 2250. The summed E-state index contributed by atoms with van der Waals surface area (Å²) >= 11 is 0. The van der Waals surface area contributed by atoms with Gasteiger partial charge in [0.25, 0.3) is 0 Å². The molecule has 0 spiro atoms. The van der Waals surface area contributed by atoms with Crippen molar-refractivity contribution >= 4 is 42.3 Å². The average molecular weight is 919 g/mol. The van der Waals surface area contributed by atoms with E-state index in [2.05, 4.69) is 23.4 Å². The van der Waals surface area contributed by atoms with Gasteiger partial charge in [-0.3, -0.25) is 0 Å². The topological polar surface area (TPSA) is 184 Å². The monoisotopic (exact) mass is 918 g/mol. The van der Waals surface area contributed by atoms with E-state index in [0.29, 0.717) is 67.0 Å². The van der Waals surface area contributed by atoms with Crippen LogP contribution in [0.3, 0.4) is 0 Å². The summed E-state index contributed by atoms with van der Waals surface area (Å²) in [7, 11) is 0. The van der Waals surface area contributed by atoms with Crippen LogP contribution in [0.2, 0.25) is 0 Å². The highest BCUT2D eigenvalue weighted by molar-refractivity contribution is 6.05. The molecule has 0 unspecified atom stereocenters. The fourth-order valence-electron chi connectivity index (χ4n) is 5.91. The molecule has 67 heavy (non-hydrogen) atoms. The van der Waals surface area contributed by atoms with Crippen molar-refractivity contribution in [3.05, 3.63) is 144 Å². The molecule has 0 radical (unpaired) electrons. The number of rotatable bonds is 31. The lowest BCUT2D eigenvalue weighted by molar-refractivity contribution is -0.138. The van der Waals surface area contributed by atoms with Crippen molar-refractivity contribution in [1.29, 1.82) is 0 Å². The van der Waals surface area contributed by atoms with Crippen molar-refractivity contribution in [2.45, 2.75) is 64.7 Å². The Morgan fingerprint density at radius 2 is 0.940 bits per heavy atom. The number of hydrogen-bond donors (Lipinski definition) is 0. The number of esters is 5. The Labute approximate surface area is 391 Å². The summed E-state index contributed by atoms with van der Waals surface area (Å²) in [6.07, 6.45) is 12.9. The highest BCUT2D eigenvalue weighted by Gasteiger charge is 2.21. The standard InChI is InChI=1S/C52H58N2O13/c1-4-29-60-34-35-65-51(58)47-36-40(17-28-46(47)52(59)67-45-26-24-43(25-27-45)62-31-12-8-10-14-33-64-49(56)6-3)38-54-53-37-39-15-20-44(21-16-39)66-50(57)41-18-22-42(23-19-41)61-30-11-7-9-13-32-63-48(55)5-2/h5-6,15-28,36-38H,2-4,7-14,29-35H2,1H3/b53-37+,54-38+. The third kappa shape index (κ3) is 20.5. The van der Waals surface area contributed by atoms with Crippen molar-refractivity contribution in [3.8, 4) is 23.0 Å². The van der Waals surface area contributed by atoms with Gasteiger partial charge in [0.1, 0.15) is 29.6 Å². The summed E-state index contributed by atoms with van der Waals surface area (Å²) in [5.74, 6) is -1.02. The molecule has 4 aromatic rings. The largest absolute Gasteiger partial charge is 0.494 e. The van der Waals surface area contributed by atoms with Gasteiger partial charge in [-0.1, -0.05) is 26.1 Å². The van der Waals surface area contributed by atoms with E-state index in [0.717, 1.165) is 69.9 Å². The van der Waals surface area contributed by atoms with Crippen molar-refractivity contribution in [2.75, 3.05) is 46.2 Å². The van der Waals surface area contributed by atoms with E-state index in [1.807, 2.05) is 6.92 Å². The zero-order chi connectivity index (χ0) is 47.9. The lowest BCUT2D eigenvalue weighted by Gasteiger charge is -2.11. The predicted molar refractivity (Wildman–Crippen MR) is 253 cm³/mol. The number of hydrogen-bond acceptors (Lipinski definition) is 15. The fraction of sp³-hybridized carbons (Fsp3) is 0.327. The molecule has 4 aromatic carbocycles. The molecule has 0 saturated carbocycles. The SMILES string of the molecule is C=CC(=O)OCCCCCCOc1ccc(OC(=O)c2ccc(/C=N/N=C/c3ccc(OC(=O)c4ccc(OCCCCCCOC(=O)C=C)cc4)cc3)cc2C(=O)OCCOCCC)cc1. The van der Waals surface area contributed by atoms with Gasteiger partial charge in [-0.05, 0) is 154 Å². The lowest BCUT2D eigenvalue weighted by atomic mass is 10.0. The Balaban J connectivity index is 1.26. The van der Waals surface area contributed by atoms with Crippen molar-refractivity contribution in [2.24, 2.45) is 10.2 Å². The van der Waals surface area contributed by atoms with Crippen LogP contribution >= 0.6 is 0 Å². The number of ether oxygens (including phenoxy) is 8. The number of carbonyl (C=O) groups is 5. The van der Waals surface area contributed by atoms with E-state index in [-0.39, 0.29) is 30.1 Å². The number of benzene rings is 4. The Morgan fingerprint density at radius 3 is 1.49 bits per heavy atom. The van der Waals surface area contributed by atoms with Crippen LogP contribution in [0.1, 0.15) is 107 Å². The summed E-state index contributed by atoms with van der Waals surface area (Å²) in [6, 6.07) is 24.5. The van der Waals surface area contributed by atoms with Gasteiger partial charge >= 0.3 is 29.8 Å². The predicted octanol–water partition coefficient (Wildman–Crippen LogP) is 9.50. The van der Waals surface area contributed by atoms with Gasteiger partial charge in [-0.15, -0.1) is 0 Å². The molecule has 15 heteroatoms. The highest BCUT2D eigenvalue weighted by atomic mass is 16.6. The minimum atomic E-state index is -0.762. The minimum Gasteiger partial charge on any atom is -0.494 e. The summed E-state index contributed by atoms with van der Waals surface area (Å²) in [5, 5.41) is 8.22. The molecule has 0 amide bonds. The average Bonchev–Trinajstić information content (AvgIpc) is 3.35. The zero-order valence-electron chi connectivity index (χ0n) is 37.9. The second-order valence-electron chi connectivity index (χ2n) is 14.7. The number of nitrogens with zero attached hydrogens (tertiary/aromatic N) is 2. The normalized spacial score (nSPS) is 10.9. The summed E-state index contributed by atoms with van der Waals surface area (Å²) < 4.78 is 43.5. The number of unbranched alkanes of at least 4 members (excludes halogenated alkanes) is 6. The molecule has 0 fully saturated rings. The van der Waals surface area contributed by atoms with Crippen LogP contribution in [0, 0.1) is 0 Å². The van der Waals surface area contributed by atoms with Crippen molar-refractivity contribution < 1.29 is 61.9 Å². The van der Waals surface area contributed by atoms with E-state index in [1.54, 1.807) is 78.9 Å². The van der Waals surface area contributed by atoms with Gasteiger partial charge in [0.2, 0.25) is 0 Å². The zero-order valence-corrected chi connectivity index (χ0v) is 37.9. The van der Waals surface area contributed by atoms with Crippen LogP contribution in [0.15, 0.2) is 127 Å². The van der Waals surface area contributed by atoms with Gasteiger partial charge in [-0.25, -0.2) is 24.0 Å². The van der Waals surface area contributed by atoms with Crippen molar-refractivity contribution in [1.82, 2.24) is 0 Å². The summed E-state index contributed by atoms with van der Waals surface area (Å²) in [6.45, 7) is 11.2. The molecule has 0 aliphatic carbocycles. The highest BCUT2D eigenvalue weighted by Crippen LogP contribution is 2.22. The Hall–Kier alpha value is -7.39. The molecular formula is C52H58N2O13. The first kappa shape index (κ1) is 52.2. The van der Waals surface area contributed by atoms with E-state index >= 15 is 0 Å². The van der Waals surface area contributed by atoms with Crippen LogP contribution in [0.25, 0.3) is 0 Å². The first-order chi connectivity index (χ1) is 32.7. The van der Waals surface area contributed by atoms with Gasteiger partial charge in [-0.2, -0.15) is 10.2 Å². The van der Waals surface area contributed by atoms with E-state index in [4.69, 9.17) is 37.9 Å². The molecule has 354 valence electrons. The molecule has 0 bridgehead atoms. The van der Waals surface area contributed by atoms with Gasteiger partial charge < -0.3 is 37.9 Å². The van der Waals surface area contributed by atoms with Crippen LogP contribution < -0.4 is 18.9 Å². The molecule has 4 rings (SSSR count). The third-order valence-corrected chi connectivity index (χ3v) is 9.42. The molecule has 0 saturated heterocycles. The van der Waals surface area contributed by atoms with Crippen molar-refractivity contribution in [3.63, 3.8) is 0 Å². The summed E-state index contributed by atoms with van der Waals surface area (Å²) in [4.78, 5) is 61.6. The maximum atomic E-state index is 13.4. The molecule has 15 nitrogen and oxygen atoms in total. The maximum Gasteiger partial charge on any atom is 0.344 e. The maximum absolute atomic E-state index is 13.4. The Morgan fingerprint density at radius 1 is 0.463 bits per heavy atom. The van der Waals surface area contributed by atoms with E-state index in [9.17, 15) is 24.0 Å². The molecule has 0 atom stereocenters. The van der Waals surface area contributed by atoms with Crippen LogP contribution in [0.4, 0.5) is 0 Å². The minimum absolute atomic E-state index is 0.00637.